The van der Waals surface area contributed by atoms with Gasteiger partial charge in [-0.2, -0.15) is 0 Å². The first-order chi connectivity index (χ1) is 13.5. The fourth-order valence-corrected chi connectivity index (χ4v) is 4.70. The molecule has 1 aliphatic carbocycles. The highest BCUT2D eigenvalue weighted by atomic mass is 32.2. The Balaban J connectivity index is 1.53. The molecule has 1 aliphatic rings. The summed E-state index contributed by atoms with van der Waals surface area (Å²) < 4.78 is 5.82. The van der Waals surface area contributed by atoms with Crippen molar-refractivity contribution in [1.82, 2.24) is 15.5 Å². The van der Waals surface area contributed by atoms with Crippen LogP contribution in [0.2, 0.25) is 0 Å². The van der Waals surface area contributed by atoms with Crippen LogP contribution in [-0.4, -0.2) is 40.4 Å². The van der Waals surface area contributed by atoms with E-state index in [2.05, 4.69) is 15.5 Å². The van der Waals surface area contributed by atoms with Crippen molar-refractivity contribution in [3.05, 3.63) is 29.8 Å². The fourth-order valence-electron chi connectivity index (χ4n) is 2.60. The van der Waals surface area contributed by atoms with Crippen LogP contribution in [0.1, 0.15) is 38.7 Å². The molecule has 28 heavy (non-hydrogen) atoms. The molecule has 1 aromatic carbocycles. The molecule has 150 valence electrons. The lowest BCUT2D eigenvalue weighted by molar-refractivity contribution is -0.120. The fraction of sp³-hybridized carbons (Fsp3) is 0.474. The van der Waals surface area contributed by atoms with Crippen molar-refractivity contribution in [1.29, 1.82) is 0 Å². The van der Waals surface area contributed by atoms with Gasteiger partial charge in [0.2, 0.25) is 16.9 Å². The summed E-state index contributed by atoms with van der Waals surface area (Å²) >= 11 is 2.73. The Morgan fingerprint density at radius 2 is 2.04 bits per heavy atom. The van der Waals surface area contributed by atoms with Crippen molar-refractivity contribution >= 4 is 40.0 Å². The van der Waals surface area contributed by atoms with E-state index in [4.69, 9.17) is 4.74 Å². The average molecular weight is 421 g/mol. The molecule has 7 nitrogen and oxygen atoms in total. The molecule has 1 atom stereocenters. The van der Waals surface area contributed by atoms with Crippen molar-refractivity contribution < 1.29 is 14.3 Å². The Bertz CT molecular complexity index is 821. The van der Waals surface area contributed by atoms with Gasteiger partial charge in [-0.3, -0.25) is 14.5 Å². The number of ether oxygens (including phenoxy) is 1. The van der Waals surface area contributed by atoms with Gasteiger partial charge in [0.05, 0.1) is 12.4 Å². The minimum atomic E-state index is -0.310. The highest BCUT2D eigenvalue weighted by molar-refractivity contribution is 8.02. The van der Waals surface area contributed by atoms with Gasteiger partial charge in [0, 0.05) is 19.0 Å². The van der Waals surface area contributed by atoms with E-state index < -0.39 is 0 Å². The van der Waals surface area contributed by atoms with Gasteiger partial charge in [0.25, 0.3) is 0 Å². The minimum Gasteiger partial charge on any atom is -0.497 e. The Morgan fingerprint density at radius 1 is 1.32 bits per heavy atom. The molecule has 0 unspecified atom stereocenters. The second-order valence-corrected chi connectivity index (χ2v) is 9.07. The quantitative estimate of drug-likeness (QED) is 0.495. The van der Waals surface area contributed by atoms with E-state index in [-0.39, 0.29) is 23.1 Å². The molecule has 1 fully saturated rings. The summed E-state index contributed by atoms with van der Waals surface area (Å²) in [5, 5.41) is 11.6. The molecule has 0 spiro atoms. The van der Waals surface area contributed by atoms with E-state index in [1.54, 1.807) is 12.0 Å². The zero-order chi connectivity index (χ0) is 20.1. The molecule has 2 aromatic rings. The van der Waals surface area contributed by atoms with Gasteiger partial charge >= 0.3 is 0 Å². The first-order valence-electron chi connectivity index (χ1n) is 9.24. The van der Waals surface area contributed by atoms with Crippen LogP contribution in [0.5, 0.6) is 5.75 Å². The highest BCUT2D eigenvalue weighted by Gasteiger charge is 2.35. The van der Waals surface area contributed by atoms with Gasteiger partial charge in [0.1, 0.15) is 5.75 Å². The standard InChI is InChI=1S/C19H24N4O3S2/c1-4-16(24)23(14-7-8-14)18-21-22-19(28-18)27-12(2)17(25)20-11-13-5-9-15(26-3)10-6-13/h5-6,9-10,12,14H,4,7-8,11H2,1-3H3,(H,20,25)/t12-/m1/s1. The van der Waals surface area contributed by atoms with Crippen LogP contribution in [0.15, 0.2) is 28.6 Å². The number of hydrogen-bond acceptors (Lipinski definition) is 7. The van der Waals surface area contributed by atoms with E-state index in [0.717, 1.165) is 24.2 Å². The number of carbonyl (C=O) groups is 2. The average Bonchev–Trinajstić information content (AvgIpc) is 3.45. The topological polar surface area (TPSA) is 84.4 Å². The lowest BCUT2D eigenvalue weighted by Crippen LogP contribution is -2.32. The Morgan fingerprint density at radius 3 is 2.64 bits per heavy atom. The van der Waals surface area contributed by atoms with Gasteiger partial charge in [-0.15, -0.1) is 10.2 Å². The van der Waals surface area contributed by atoms with Crippen LogP contribution in [0, 0.1) is 0 Å². The lowest BCUT2D eigenvalue weighted by atomic mass is 10.2. The molecule has 2 amide bonds. The van der Waals surface area contributed by atoms with Crippen molar-refractivity contribution in [3.8, 4) is 5.75 Å². The third-order valence-electron chi connectivity index (χ3n) is 4.36. The minimum absolute atomic E-state index is 0.0683. The first-order valence-corrected chi connectivity index (χ1v) is 10.9. The van der Waals surface area contributed by atoms with E-state index in [0.29, 0.717) is 22.4 Å². The van der Waals surface area contributed by atoms with Gasteiger partial charge < -0.3 is 10.1 Å². The molecule has 0 saturated heterocycles. The maximum absolute atomic E-state index is 12.4. The summed E-state index contributed by atoms with van der Waals surface area (Å²) in [5.41, 5.74) is 1.00. The van der Waals surface area contributed by atoms with Gasteiger partial charge in [0.15, 0.2) is 4.34 Å². The van der Waals surface area contributed by atoms with Crippen LogP contribution in [-0.2, 0) is 16.1 Å². The summed E-state index contributed by atoms with van der Waals surface area (Å²) in [6.07, 6.45) is 2.47. The number of aromatic nitrogens is 2. The number of nitrogens with zero attached hydrogens (tertiary/aromatic N) is 3. The molecule has 0 aliphatic heterocycles. The lowest BCUT2D eigenvalue weighted by Gasteiger charge is -2.17. The number of thioether (sulfide) groups is 1. The maximum Gasteiger partial charge on any atom is 0.233 e. The third kappa shape index (κ3) is 5.23. The van der Waals surface area contributed by atoms with Crippen molar-refractivity contribution in [3.63, 3.8) is 0 Å². The van der Waals surface area contributed by atoms with Crippen LogP contribution in [0.3, 0.4) is 0 Å². The summed E-state index contributed by atoms with van der Waals surface area (Å²) in [6.45, 7) is 4.14. The number of carbonyl (C=O) groups excluding carboxylic acids is 2. The van der Waals surface area contributed by atoms with Crippen molar-refractivity contribution in [2.24, 2.45) is 0 Å². The molecular formula is C19H24N4O3S2. The molecule has 1 saturated carbocycles. The molecule has 1 N–H and O–H groups in total. The zero-order valence-corrected chi connectivity index (χ0v) is 17.8. The number of hydrogen-bond donors (Lipinski definition) is 1. The predicted molar refractivity (Wildman–Crippen MR) is 111 cm³/mol. The van der Waals surface area contributed by atoms with Crippen LogP contribution >= 0.6 is 23.1 Å². The smallest absolute Gasteiger partial charge is 0.233 e. The number of rotatable bonds is 9. The molecule has 1 aromatic heterocycles. The number of anilines is 1. The normalized spacial score (nSPS) is 14.4. The monoisotopic (exact) mass is 420 g/mol. The summed E-state index contributed by atoms with van der Waals surface area (Å²) in [6, 6.07) is 7.83. The molecule has 0 bridgehead atoms. The SMILES string of the molecule is CCC(=O)N(c1nnc(S[C@H](C)C(=O)NCc2ccc(OC)cc2)s1)C1CC1. The highest BCUT2D eigenvalue weighted by Crippen LogP contribution is 2.37. The second-order valence-electron chi connectivity index (χ2n) is 6.52. The number of nitrogens with one attached hydrogen (secondary N) is 1. The Hall–Kier alpha value is -2.13. The van der Waals surface area contributed by atoms with E-state index >= 15 is 0 Å². The molecule has 3 rings (SSSR count). The maximum atomic E-state index is 12.4. The van der Waals surface area contributed by atoms with Gasteiger partial charge in [-0.05, 0) is 37.5 Å². The van der Waals surface area contributed by atoms with E-state index in [1.807, 2.05) is 38.1 Å². The van der Waals surface area contributed by atoms with E-state index in [1.165, 1.54) is 23.1 Å². The molecule has 1 heterocycles. The van der Waals surface area contributed by atoms with Gasteiger partial charge in [-0.25, -0.2) is 0 Å². The molecule has 9 heteroatoms. The van der Waals surface area contributed by atoms with Gasteiger partial charge in [-0.1, -0.05) is 42.2 Å². The summed E-state index contributed by atoms with van der Waals surface area (Å²) in [5.74, 6) is 0.787. The zero-order valence-electron chi connectivity index (χ0n) is 16.2. The van der Waals surface area contributed by atoms with Crippen LogP contribution in [0.25, 0.3) is 0 Å². The largest absolute Gasteiger partial charge is 0.497 e. The summed E-state index contributed by atoms with van der Waals surface area (Å²) in [7, 11) is 1.62. The number of amides is 2. The summed E-state index contributed by atoms with van der Waals surface area (Å²) in [4.78, 5) is 26.3. The van der Waals surface area contributed by atoms with Crippen molar-refractivity contribution in [2.45, 2.75) is 55.3 Å². The number of benzene rings is 1. The third-order valence-corrected chi connectivity index (χ3v) is 6.46. The molecular weight excluding hydrogens is 396 g/mol. The van der Waals surface area contributed by atoms with E-state index in [9.17, 15) is 9.59 Å². The van der Waals surface area contributed by atoms with Crippen molar-refractivity contribution in [2.75, 3.05) is 12.0 Å². The predicted octanol–water partition coefficient (Wildman–Crippen LogP) is 3.25. The van der Waals surface area contributed by atoms with Crippen LogP contribution < -0.4 is 15.0 Å². The van der Waals surface area contributed by atoms with Crippen LogP contribution in [0.4, 0.5) is 5.13 Å². The Kier molecular flexibility index (Phi) is 6.90. The first kappa shape index (κ1) is 20.6. The second kappa shape index (κ2) is 9.38. The Labute approximate surface area is 172 Å². The number of methoxy groups -OCH3 is 1. The molecule has 0 radical (unpaired) electrons.